The largest absolute Gasteiger partial charge is 0.0619 e. The van der Waals surface area contributed by atoms with Crippen LogP contribution in [0, 0.1) is 0 Å². The maximum Gasteiger partial charge on any atom is 0.0364 e. The van der Waals surface area contributed by atoms with Crippen LogP contribution in [0.5, 0.6) is 0 Å². The smallest absolute Gasteiger partial charge is 0.0364 e. The van der Waals surface area contributed by atoms with Crippen molar-refractivity contribution in [2.75, 3.05) is 0 Å². The van der Waals surface area contributed by atoms with Crippen molar-refractivity contribution in [1.82, 2.24) is 0 Å². The van der Waals surface area contributed by atoms with Crippen molar-refractivity contribution < 1.29 is 0 Å². The molecule has 0 saturated heterocycles. The maximum atomic E-state index is 2.57. The Morgan fingerprint density at radius 3 is 0.938 bits per heavy atom. The van der Waals surface area contributed by atoms with E-state index in [4.69, 9.17) is 0 Å². The Kier molecular flexibility index (Phi) is 5.32. The Bertz CT molecular complexity index is 2500. The quantitative estimate of drug-likeness (QED) is 0.172. The number of hydrogen-bond acceptors (Lipinski definition) is 0. The zero-order valence-electron chi connectivity index (χ0n) is 26.3. The Hall–Kier alpha value is -5.98. The van der Waals surface area contributed by atoms with Crippen molar-refractivity contribution in [1.29, 1.82) is 0 Å². The fourth-order valence-corrected chi connectivity index (χ4v) is 9.24. The van der Waals surface area contributed by atoms with E-state index in [9.17, 15) is 0 Å². The monoisotopic (exact) mass is 606 g/mol. The van der Waals surface area contributed by atoms with Gasteiger partial charge in [-0.25, -0.2) is 0 Å². The van der Waals surface area contributed by atoms with Crippen molar-refractivity contribution >= 4 is 43.1 Å². The minimum absolute atomic E-state index is 0.141. The van der Waals surface area contributed by atoms with Crippen LogP contribution in [0.3, 0.4) is 0 Å². The first-order chi connectivity index (χ1) is 23.8. The summed E-state index contributed by atoms with van der Waals surface area (Å²) in [6, 6.07) is 63.9. The number of hydrogen-bond donors (Lipinski definition) is 0. The summed E-state index contributed by atoms with van der Waals surface area (Å²) in [5.41, 5.74) is 13.9. The van der Waals surface area contributed by atoms with Gasteiger partial charge in [0.2, 0.25) is 0 Å². The average molecular weight is 607 g/mol. The lowest BCUT2D eigenvalue weighted by Gasteiger charge is -2.22. The molecule has 9 aromatic rings. The van der Waals surface area contributed by atoms with E-state index in [2.05, 4.69) is 170 Å². The Labute approximate surface area is 279 Å². The van der Waals surface area contributed by atoms with Crippen molar-refractivity contribution in [3.8, 4) is 22.3 Å². The molecule has 0 aliphatic heterocycles. The zero-order valence-corrected chi connectivity index (χ0v) is 26.3. The number of rotatable bonds is 2. The summed E-state index contributed by atoms with van der Waals surface area (Å²) in [7, 11) is 0. The molecule has 48 heavy (non-hydrogen) atoms. The zero-order chi connectivity index (χ0) is 31.3. The highest BCUT2D eigenvalue weighted by Gasteiger charge is 2.38. The molecule has 0 heterocycles. The second kappa shape index (κ2) is 9.77. The van der Waals surface area contributed by atoms with Gasteiger partial charge in [0, 0.05) is 11.8 Å². The third-order valence-electron chi connectivity index (χ3n) is 11.2. The summed E-state index contributed by atoms with van der Waals surface area (Å²) in [5, 5.41) is 10.5. The molecule has 0 nitrogen and oxygen atoms in total. The average Bonchev–Trinajstić information content (AvgIpc) is 3.63. The highest BCUT2D eigenvalue weighted by atomic mass is 14.4. The van der Waals surface area contributed by atoms with E-state index >= 15 is 0 Å². The third kappa shape index (κ3) is 3.50. The molecule has 2 unspecified atom stereocenters. The summed E-state index contributed by atoms with van der Waals surface area (Å²) in [5.74, 6) is 0.282. The van der Waals surface area contributed by atoms with Gasteiger partial charge in [-0.3, -0.25) is 0 Å². The van der Waals surface area contributed by atoms with Crippen molar-refractivity contribution in [3.63, 3.8) is 0 Å². The Morgan fingerprint density at radius 2 is 0.562 bits per heavy atom. The molecule has 9 aromatic carbocycles. The molecule has 0 bridgehead atoms. The minimum Gasteiger partial charge on any atom is -0.0619 e. The first-order valence-corrected chi connectivity index (χ1v) is 17.0. The number of benzene rings is 9. The molecule has 0 N–H and O–H groups in total. The fraction of sp³-hybridized carbons (Fsp3) is 0.0417. The lowest BCUT2D eigenvalue weighted by atomic mass is 9.81. The molecular formula is C48H30. The minimum atomic E-state index is 0.141. The van der Waals surface area contributed by atoms with E-state index in [0.717, 1.165) is 0 Å². The summed E-state index contributed by atoms with van der Waals surface area (Å²) < 4.78 is 0. The van der Waals surface area contributed by atoms with E-state index in [1.54, 1.807) is 0 Å². The summed E-state index contributed by atoms with van der Waals surface area (Å²) >= 11 is 0. The lowest BCUT2D eigenvalue weighted by molar-refractivity contribution is 1.03. The van der Waals surface area contributed by atoms with Crippen LogP contribution >= 0.6 is 0 Å². The number of fused-ring (bicyclic) bond motifs is 10. The van der Waals surface area contributed by atoms with Gasteiger partial charge in [0.15, 0.2) is 0 Å². The normalized spacial score (nSPS) is 15.9. The third-order valence-corrected chi connectivity index (χ3v) is 11.2. The molecule has 0 heteroatoms. The lowest BCUT2D eigenvalue weighted by Crippen LogP contribution is -2.04. The fourth-order valence-electron chi connectivity index (χ4n) is 9.24. The van der Waals surface area contributed by atoms with Gasteiger partial charge in [-0.05, 0) is 123 Å². The second-order valence-electron chi connectivity index (χ2n) is 13.5. The van der Waals surface area contributed by atoms with Crippen LogP contribution in [-0.2, 0) is 0 Å². The van der Waals surface area contributed by atoms with E-state index < -0.39 is 0 Å². The van der Waals surface area contributed by atoms with Gasteiger partial charge in [0.25, 0.3) is 0 Å². The summed E-state index contributed by atoms with van der Waals surface area (Å²) in [6.07, 6.45) is 0. The molecule has 0 aromatic heterocycles. The van der Waals surface area contributed by atoms with E-state index in [-0.39, 0.29) is 11.8 Å². The van der Waals surface area contributed by atoms with Crippen molar-refractivity contribution in [2.45, 2.75) is 11.8 Å². The van der Waals surface area contributed by atoms with Crippen molar-refractivity contribution in [3.05, 3.63) is 203 Å². The molecule has 2 aliphatic rings. The molecule has 0 radical (unpaired) electrons. The van der Waals surface area contributed by atoms with E-state index in [1.807, 2.05) is 0 Å². The van der Waals surface area contributed by atoms with E-state index in [1.165, 1.54) is 98.7 Å². The van der Waals surface area contributed by atoms with Gasteiger partial charge in [0.05, 0.1) is 0 Å². The molecule has 2 atom stereocenters. The second-order valence-corrected chi connectivity index (χ2v) is 13.5. The molecule has 0 spiro atoms. The van der Waals surface area contributed by atoms with Gasteiger partial charge in [-0.15, -0.1) is 0 Å². The van der Waals surface area contributed by atoms with Crippen LogP contribution in [0.1, 0.15) is 45.2 Å². The van der Waals surface area contributed by atoms with Crippen LogP contribution in [0.15, 0.2) is 170 Å². The molecule has 11 rings (SSSR count). The first-order valence-electron chi connectivity index (χ1n) is 17.0. The van der Waals surface area contributed by atoms with Crippen LogP contribution in [0.2, 0.25) is 0 Å². The predicted octanol–water partition coefficient (Wildman–Crippen LogP) is 12.6. The molecule has 2 aliphatic carbocycles. The van der Waals surface area contributed by atoms with Gasteiger partial charge >= 0.3 is 0 Å². The van der Waals surface area contributed by atoms with Crippen LogP contribution in [-0.4, -0.2) is 0 Å². The molecule has 222 valence electrons. The maximum absolute atomic E-state index is 2.57. The Balaban J connectivity index is 1.24. The van der Waals surface area contributed by atoms with Crippen LogP contribution in [0.4, 0.5) is 0 Å². The molecule has 0 fully saturated rings. The standard InChI is InChI=1S/C48H30/c1-5-17-33-29(13-1)25-30-14-2-6-18-34(30)45(33)47-39-23-11-9-21-37(39)41-28-44-42(27-43(41)47)38-22-10-12-24-40(38)48(44)46-35-19-7-3-15-31(35)26-32-16-4-8-20-36(32)46/h1-28,47-48H. The molecule has 0 amide bonds. The molecule has 0 saturated carbocycles. The first kappa shape index (κ1) is 26.1. The summed E-state index contributed by atoms with van der Waals surface area (Å²) in [4.78, 5) is 0. The SMILES string of the molecule is c1ccc2c(c1)-c1cc3c(cc1C2c1c2ccccc2cc2ccccc12)-c1ccccc1C3c1c2ccccc2cc2ccccc12. The van der Waals surface area contributed by atoms with Crippen molar-refractivity contribution in [2.24, 2.45) is 0 Å². The Morgan fingerprint density at radius 1 is 0.250 bits per heavy atom. The topological polar surface area (TPSA) is 0 Å². The molecular weight excluding hydrogens is 577 g/mol. The highest BCUT2D eigenvalue weighted by molar-refractivity contribution is 6.07. The van der Waals surface area contributed by atoms with Gasteiger partial charge < -0.3 is 0 Å². The van der Waals surface area contributed by atoms with Gasteiger partial charge in [-0.2, -0.15) is 0 Å². The van der Waals surface area contributed by atoms with Crippen LogP contribution in [0.25, 0.3) is 65.3 Å². The van der Waals surface area contributed by atoms with Crippen LogP contribution < -0.4 is 0 Å². The predicted molar refractivity (Wildman–Crippen MR) is 202 cm³/mol. The van der Waals surface area contributed by atoms with Gasteiger partial charge in [-0.1, -0.05) is 146 Å². The van der Waals surface area contributed by atoms with E-state index in [0.29, 0.717) is 0 Å². The highest BCUT2D eigenvalue weighted by Crippen LogP contribution is 2.57. The van der Waals surface area contributed by atoms with Gasteiger partial charge in [0.1, 0.15) is 0 Å². The summed E-state index contributed by atoms with van der Waals surface area (Å²) in [6.45, 7) is 0.